The van der Waals surface area contributed by atoms with Gasteiger partial charge in [-0.15, -0.1) is 11.3 Å². The summed E-state index contributed by atoms with van der Waals surface area (Å²) in [4.78, 5) is 6.24. The number of rotatable bonds is 9. The highest BCUT2D eigenvalue weighted by atomic mass is 32.2. The number of benzene rings is 1. The lowest BCUT2D eigenvalue weighted by Crippen LogP contribution is -2.38. The SMILES string of the molecule is CCNC(=NCc1ccc(S(=O)(=O)N(C)C(C)C)cc1)NCCc1cccs1. The van der Waals surface area contributed by atoms with Gasteiger partial charge in [0.2, 0.25) is 10.0 Å². The van der Waals surface area contributed by atoms with E-state index >= 15 is 0 Å². The van der Waals surface area contributed by atoms with Crippen molar-refractivity contribution in [1.29, 1.82) is 0 Å². The summed E-state index contributed by atoms with van der Waals surface area (Å²) in [5, 5.41) is 8.65. The van der Waals surface area contributed by atoms with Crippen LogP contribution in [0.15, 0.2) is 51.7 Å². The van der Waals surface area contributed by atoms with Gasteiger partial charge in [-0.25, -0.2) is 13.4 Å². The molecule has 1 heterocycles. The van der Waals surface area contributed by atoms with Crippen LogP contribution in [0.5, 0.6) is 0 Å². The molecule has 2 N–H and O–H groups in total. The Morgan fingerprint density at radius 2 is 1.89 bits per heavy atom. The lowest BCUT2D eigenvalue weighted by molar-refractivity contribution is 0.410. The monoisotopic (exact) mass is 422 g/mol. The summed E-state index contributed by atoms with van der Waals surface area (Å²) in [7, 11) is -1.85. The van der Waals surface area contributed by atoms with Gasteiger partial charge in [-0.3, -0.25) is 0 Å². The predicted molar refractivity (Wildman–Crippen MR) is 117 cm³/mol. The third kappa shape index (κ3) is 6.32. The average Bonchev–Trinajstić information content (AvgIpc) is 3.19. The third-order valence-electron chi connectivity index (χ3n) is 4.34. The van der Waals surface area contributed by atoms with Gasteiger partial charge in [0, 0.05) is 31.1 Å². The predicted octanol–water partition coefficient (Wildman–Crippen LogP) is 3.07. The number of hydrogen-bond acceptors (Lipinski definition) is 4. The van der Waals surface area contributed by atoms with Gasteiger partial charge in [-0.05, 0) is 56.3 Å². The Bertz CT molecular complexity index is 845. The normalized spacial score (nSPS) is 12.6. The van der Waals surface area contributed by atoms with E-state index in [0.717, 1.165) is 31.0 Å². The molecule has 0 spiro atoms. The van der Waals surface area contributed by atoms with Crippen LogP contribution in [-0.4, -0.2) is 44.9 Å². The van der Waals surface area contributed by atoms with Crippen LogP contribution in [-0.2, 0) is 23.0 Å². The Balaban J connectivity index is 1.98. The van der Waals surface area contributed by atoms with Crippen molar-refractivity contribution in [2.75, 3.05) is 20.1 Å². The average molecular weight is 423 g/mol. The summed E-state index contributed by atoms with van der Waals surface area (Å²) in [6.45, 7) is 7.81. The van der Waals surface area contributed by atoms with Crippen LogP contribution in [0, 0.1) is 0 Å². The summed E-state index contributed by atoms with van der Waals surface area (Å²) in [6, 6.07) is 11.0. The summed E-state index contributed by atoms with van der Waals surface area (Å²) in [6.07, 6.45) is 0.956. The maximum Gasteiger partial charge on any atom is 0.243 e. The molecular formula is C20H30N4O2S2. The molecule has 0 aliphatic carbocycles. The molecule has 1 aromatic carbocycles. The van der Waals surface area contributed by atoms with Gasteiger partial charge in [0.05, 0.1) is 11.4 Å². The molecule has 0 fully saturated rings. The molecule has 0 saturated heterocycles. The van der Waals surface area contributed by atoms with Crippen molar-refractivity contribution in [3.05, 3.63) is 52.2 Å². The third-order valence-corrected chi connectivity index (χ3v) is 7.32. The van der Waals surface area contributed by atoms with Gasteiger partial charge >= 0.3 is 0 Å². The molecule has 154 valence electrons. The zero-order valence-electron chi connectivity index (χ0n) is 17.0. The van der Waals surface area contributed by atoms with Crippen LogP contribution in [0.1, 0.15) is 31.2 Å². The Kier molecular flexibility index (Phi) is 8.47. The van der Waals surface area contributed by atoms with Gasteiger partial charge in [-0.1, -0.05) is 18.2 Å². The van der Waals surface area contributed by atoms with Gasteiger partial charge in [-0.2, -0.15) is 4.31 Å². The Hall–Kier alpha value is -1.90. The van der Waals surface area contributed by atoms with E-state index < -0.39 is 10.0 Å². The molecule has 0 unspecified atom stereocenters. The minimum absolute atomic E-state index is 0.0859. The first-order valence-electron chi connectivity index (χ1n) is 9.46. The lowest BCUT2D eigenvalue weighted by atomic mass is 10.2. The molecule has 1 aromatic heterocycles. The molecule has 0 aliphatic heterocycles. The highest BCUT2D eigenvalue weighted by molar-refractivity contribution is 7.89. The smallest absolute Gasteiger partial charge is 0.243 e. The van der Waals surface area contributed by atoms with Gasteiger partial charge in [0.25, 0.3) is 0 Å². The van der Waals surface area contributed by atoms with Crippen LogP contribution in [0.4, 0.5) is 0 Å². The van der Waals surface area contributed by atoms with Crippen LogP contribution in [0.25, 0.3) is 0 Å². The maximum atomic E-state index is 12.5. The van der Waals surface area contributed by atoms with Crippen molar-refractivity contribution >= 4 is 27.3 Å². The Labute approximate surface area is 172 Å². The van der Waals surface area contributed by atoms with E-state index in [4.69, 9.17) is 0 Å². The van der Waals surface area contributed by atoms with Crippen molar-refractivity contribution < 1.29 is 8.42 Å². The molecule has 8 heteroatoms. The van der Waals surface area contributed by atoms with Crippen molar-refractivity contribution in [1.82, 2.24) is 14.9 Å². The van der Waals surface area contributed by atoms with Crippen LogP contribution in [0.3, 0.4) is 0 Å². The summed E-state index contributed by atoms with van der Waals surface area (Å²) >= 11 is 1.75. The van der Waals surface area contributed by atoms with E-state index in [1.165, 1.54) is 9.18 Å². The first-order valence-corrected chi connectivity index (χ1v) is 11.8. The van der Waals surface area contributed by atoms with Crippen LogP contribution < -0.4 is 10.6 Å². The summed E-state index contributed by atoms with van der Waals surface area (Å²) < 4.78 is 26.4. The number of guanidine groups is 1. The molecule has 0 amide bonds. The van der Waals surface area contributed by atoms with E-state index in [1.807, 2.05) is 32.9 Å². The van der Waals surface area contributed by atoms with Gasteiger partial charge < -0.3 is 10.6 Å². The van der Waals surface area contributed by atoms with E-state index in [-0.39, 0.29) is 6.04 Å². The lowest BCUT2D eigenvalue weighted by Gasteiger charge is -2.21. The number of hydrogen-bond donors (Lipinski definition) is 2. The molecule has 2 aromatic rings. The van der Waals surface area contributed by atoms with Crippen LogP contribution >= 0.6 is 11.3 Å². The van der Waals surface area contributed by atoms with E-state index in [9.17, 15) is 8.42 Å². The second-order valence-corrected chi connectivity index (χ2v) is 9.74. The van der Waals surface area contributed by atoms with E-state index in [0.29, 0.717) is 11.4 Å². The number of sulfonamides is 1. The molecular weight excluding hydrogens is 392 g/mol. The fourth-order valence-corrected chi connectivity index (χ4v) is 4.56. The standard InChI is InChI=1S/C20H30N4O2S2/c1-5-21-20(22-13-12-18-7-6-14-27-18)23-15-17-8-10-19(11-9-17)28(25,26)24(4)16(2)3/h6-11,14,16H,5,12-13,15H2,1-4H3,(H2,21,22,23). The van der Waals surface area contributed by atoms with Crippen molar-refractivity contribution in [3.63, 3.8) is 0 Å². The molecule has 0 radical (unpaired) electrons. The molecule has 2 rings (SSSR count). The number of nitrogens with zero attached hydrogens (tertiary/aromatic N) is 2. The quantitative estimate of drug-likeness (QED) is 0.481. The largest absolute Gasteiger partial charge is 0.357 e. The molecule has 0 bridgehead atoms. The Morgan fingerprint density at radius 1 is 1.18 bits per heavy atom. The van der Waals surface area contributed by atoms with E-state index in [1.54, 1.807) is 30.5 Å². The molecule has 0 aliphatic rings. The van der Waals surface area contributed by atoms with Crippen molar-refractivity contribution in [3.8, 4) is 0 Å². The first kappa shape index (κ1) is 22.4. The van der Waals surface area contributed by atoms with Crippen molar-refractivity contribution in [2.45, 2.75) is 44.7 Å². The summed E-state index contributed by atoms with van der Waals surface area (Å²) in [5.74, 6) is 0.760. The molecule has 0 atom stereocenters. The second kappa shape index (κ2) is 10.6. The zero-order valence-corrected chi connectivity index (χ0v) is 18.6. The number of nitrogens with one attached hydrogen (secondary N) is 2. The highest BCUT2D eigenvalue weighted by Gasteiger charge is 2.22. The Morgan fingerprint density at radius 3 is 2.46 bits per heavy atom. The van der Waals surface area contributed by atoms with E-state index in [2.05, 4.69) is 33.1 Å². The fourth-order valence-electron chi connectivity index (χ4n) is 2.48. The maximum absolute atomic E-state index is 12.5. The highest BCUT2D eigenvalue weighted by Crippen LogP contribution is 2.17. The minimum Gasteiger partial charge on any atom is -0.357 e. The zero-order chi connectivity index (χ0) is 20.6. The van der Waals surface area contributed by atoms with Crippen molar-refractivity contribution in [2.24, 2.45) is 4.99 Å². The topological polar surface area (TPSA) is 73.8 Å². The number of aliphatic imine (C=N–C) groups is 1. The van der Waals surface area contributed by atoms with Crippen LogP contribution in [0.2, 0.25) is 0 Å². The fraction of sp³-hybridized carbons (Fsp3) is 0.450. The van der Waals surface area contributed by atoms with Gasteiger partial charge in [0.1, 0.15) is 0 Å². The molecule has 0 saturated carbocycles. The molecule has 6 nitrogen and oxygen atoms in total. The summed E-state index contributed by atoms with van der Waals surface area (Å²) in [5.41, 5.74) is 0.960. The minimum atomic E-state index is -3.45. The first-order chi connectivity index (χ1) is 13.3. The molecule has 28 heavy (non-hydrogen) atoms. The number of thiophene rings is 1. The van der Waals surface area contributed by atoms with Gasteiger partial charge in [0.15, 0.2) is 5.96 Å². The second-order valence-electron chi connectivity index (χ2n) is 6.71.